The van der Waals surface area contributed by atoms with Crippen molar-refractivity contribution in [3.05, 3.63) is 76.3 Å². The van der Waals surface area contributed by atoms with Crippen molar-refractivity contribution in [1.82, 2.24) is 9.80 Å². The van der Waals surface area contributed by atoms with Crippen molar-refractivity contribution in [2.75, 3.05) is 57.8 Å². The van der Waals surface area contributed by atoms with Gasteiger partial charge in [0.2, 0.25) is 16.8 Å². The Hall–Kier alpha value is -3.67. The number of hydrogen-bond donors (Lipinski definition) is 0. The molecule has 0 radical (unpaired) electrons. The summed E-state index contributed by atoms with van der Waals surface area (Å²) in [4.78, 5) is 18.0. The van der Waals surface area contributed by atoms with E-state index >= 15 is 0 Å². The molecule has 2 heterocycles. The fourth-order valence-corrected chi connectivity index (χ4v) is 5.98. The molecule has 1 saturated heterocycles. The Bertz CT molecular complexity index is 1520. The Labute approximate surface area is 245 Å². The molecule has 0 atom stereocenters. The summed E-state index contributed by atoms with van der Waals surface area (Å²) in [6.07, 6.45) is 1.11. The average molecular weight is 602 g/mol. The summed E-state index contributed by atoms with van der Waals surface area (Å²) < 4.78 is 49.2. The van der Waals surface area contributed by atoms with Crippen molar-refractivity contribution >= 4 is 33.2 Å². The lowest BCUT2D eigenvalue weighted by atomic mass is 10.1. The highest BCUT2D eigenvalue weighted by Crippen LogP contribution is 2.38. The third kappa shape index (κ3) is 6.47. The van der Waals surface area contributed by atoms with Gasteiger partial charge in [0.05, 0.1) is 38.3 Å². The molecular weight excluding hydrogens is 570 g/mol. The molecule has 0 unspecified atom stereocenters. The Kier molecular flexibility index (Phi) is 8.48. The number of nitrogens with zero attached hydrogens (tertiary/aromatic N) is 3. The molecule has 1 fully saturated rings. The second-order valence-electron chi connectivity index (χ2n) is 9.88. The average Bonchev–Trinajstić information content (AvgIpc) is 3.44. The van der Waals surface area contributed by atoms with Crippen molar-refractivity contribution in [3.63, 3.8) is 0 Å². The van der Waals surface area contributed by atoms with E-state index in [0.717, 1.165) is 23.3 Å². The monoisotopic (exact) mass is 601 g/mol. The van der Waals surface area contributed by atoms with Crippen LogP contribution in [-0.4, -0.2) is 77.6 Å². The number of halogens is 1. The first-order chi connectivity index (χ1) is 19.7. The number of rotatable bonds is 9. The van der Waals surface area contributed by atoms with Crippen molar-refractivity contribution < 1.29 is 32.2 Å². The van der Waals surface area contributed by atoms with E-state index in [1.165, 1.54) is 18.5 Å². The van der Waals surface area contributed by atoms with E-state index < -0.39 is 10.0 Å². The predicted molar refractivity (Wildman–Crippen MR) is 156 cm³/mol. The zero-order valence-electron chi connectivity index (χ0n) is 23.1. The normalized spacial score (nSPS) is 15.1. The summed E-state index contributed by atoms with van der Waals surface area (Å²) >= 11 is 6.03. The number of carbonyl (C=O) groups is 1. The minimum absolute atomic E-state index is 0.00900. The molecule has 2 aliphatic heterocycles. The van der Waals surface area contributed by atoms with Crippen LogP contribution in [0.5, 0.6) is 23.0 Å². The molecule has 10 nitrogen and oxygen atoms in total. The number of anilines is 1. The van der Waals surface area contributed by atoms with Crippen LogP contribution in [0.3, 0.4) is 0 Å². The summed E-state index contributed by atoms with van der Waals surface area (Å²) in [5, 5.41) is 0.541. The first-order valence-electron chi connectivity index (χ1n) is 13.0. The second-order valence-corrected chi connectivity index (χ2v) is 12.2. The summed E-state index contributed by atoms with van der Waals surface area (Å²) in [6, 6.07) is 15.9. The predicted octanol–water partition coefficient (Wildman–Crippen LogP) is 4.01. The number of carbonyl (C=O) groups excluding carboxylic acids is 1. The second kappa shape index (κ2) is 12.1. The molecule has 0 spiro atoms. The van der Waals surface area contributed by atoms with Crippen LogP contribution >= 0.6 is 11.6 Å². The standard InChI is InChI=1S/C29H32ClN3O7S/c1-37-26-15-23(24(16-27(26)38-2)33(41(3,35)36)18-20-4-7-22(30)8-5-20)29(34)32-12-10-31(11-13-32)17-21-6-9-25-28(14-21)40-19-39-25/h4-9,14-16H,10-13,17-19H2,1-3H3. The minimum atomic E-state index is -3.80. The van der Waals surface area contributed by atoms with Gasteiger partial charge in [0.1, 0.15) is 0 Å². The SMILES string of the molecule is COc1cc(C(=O)N2CCN(Cc3ccc4c(c3)OCO4)CC2)c(N(Cc2ccc(Cl)cc2)S(C)(=O)=O)cc1OC. The fourth-order valence-electron chi connectivity index (χ4n) is 4.96. The van der Waals surface area contributed by atoms with E-state index in [-0.39, 0.29) is 30.5 Å². The number of ether oxygens (including phenoxy) is 4. The largest absolute Gasteiger partial charge is 0.493 e. The van der Waals surface area contributed by atoms with Gasteiger partial charge in [-0.3, -0.25) is 14.0 Å². The van der Waals surface area contributed by atoms with Crippen LogP contribution in [0.15, 0.2) is 54.6 Å². The van der Waals surface area contributed by atoms with E-state index in [2.05, 4.69) is 4.90 Å². The van der Waals surface area contributed by atoms with E-state index in [1.807, 2.05) is 18.2 Å². The van der Waals surface area contributed by atoms with Crippen LogP contribution in [0.4, 0.5) is 5.69 Å². The van der Waals surface area contributed by atoms with Crippen LogP contribution in [-0.2, 0) is 23.1 Å². The van der Waals surface area contributed by atoms with Gasteiger partial charge in [0, 0.05) is 43.8 Å². The first-order valence-corrected chi connectivity index (χ1v) is 15.3. The summed E-state index contributed by atoms with van der Waals surface area (Å²) in [6.45, 7) is 3.22. The maximum atomic E-state index is 14.0. The van der Waals surface area contributed by atoms with Gasteiger partial charge in [0.25, 0.3) is 5.91 Å². The van der Waals surface area contributed by atoms with Crippen molar-refractivity contribution in [3.8, 4) is 23.0 Å². The quantitative estimate of drug-likeness (QED) is 0.363. The molecule has 2 aliphatic rings. The number of hydrogen-bond acceptors (Lipinski definition) is 8. The first kappa shape index (κ1) is 28.8. The fraction of sp³-hybridized carbons (Fsp3) is 0.345. The number of amides is 1. The van der Waals surface area contributed by atoms with Gasteiger partial charge < -0.3 is 23.8 Å². The lowest BCUT2D eigenvalue weighted by molar-refractivity contribution is 0.0629. The molecule has 41 heavy (non-hydrogen) atoms. The number of fused-ring (bicyclic) bond motifs is 1. The van der Waals surface area contributed by atoms with E-state index in [0.29, 0.717) is 54.8 Å². The zero-order chi connectivity index (χ0) is 29.1. The zero-order valence-corrected chi connectivity index (χ0v) is 24.7. The molecule has 5 rings (SSSR count). The highest BCUT2D eigenvalue weighted by Gasteiger charge is 2.30. The van der Waals surface area contributed by atoms with Crippen LogP contribution in [0.25, 0.3) is 0 Å². The van der Waals surface area contributed by atoms with Crippen molar-refractivity contribution in [1.29, 1.82) is 0 Å². The summed E-state index contributed by atoms with van der Waals surface area (Å²) in [5.74, 6) is 1.85. The van der Waals surface area contributed by atoms with Gasteiger partial charge in [-0.1, -0.05) is 29.8 Å². The molecule has 1 amide bonds. The molecule has 3 aromatic carbocycles. The topological polar surface area (TPSA) is 97.9 Å². The Morgan fingerprint density at radius 3 is 2.20 bits per heavy atom. The molecular formula is C29H32ClN3O7S. The van der Waals surface area contributed by atoms with Crippen molar-refractivity contribution in [2.45, 2.75) is 13.1 Å². The van der Waals surface area contributed by atoms with Crippen LogP contribution in [0, 0.1) is 0 Å². The molecule has 0 N–H and O–H groups in total. The number of sulfonamides is 1. The molecule has 0 aliphatic carbocycles. The molecule has 3 aromatic rings. The van der Waals surface area contributed by atoms with Gasteiger partial charge in [-0.05, 0) is 41.5 Å². The van der Waals surface area contributed by atoms with E-state index in [9.17, 15) is 13.2 Å². The molecule has 0 bridgehead atoms. The van der Waals surface area contributed by atoms with Gasteiger partial charge in [-0.25, -0.2) is 8.42 Å². The van der Waals surface area contributed by atoms with E-state index in [1.54, 1.807) is 41.3 Å². The summed E-state index contributed by atoms with van der Waals surface area (Å²) in [5.41, 5.74) is 2.24. The Morgan fingerprint density at radius 1 is 0.902 bits per heavy atom. The van der Waals surface area contributed by atoms with Crippen LogP contribution < -0.4 is 23.3 Å². The Balaban J connectivity index is 1.39. The number of benzene rings is 3. The van der Waals surface area contributed by atoms with E-state index in [4.69, 9.17) is 30.5 Å². The third-order valence-electron chi connectivity index (χ3n) is 7.14. The van der Waals surface area contributed by atoms with Gasteiger partial charge in [0.15, 0.2) is 23.0 Å². The highest BCUT2D eigenvalue weighted by atomic mass is 35.5. The number of piperazine rings is 1. The lowest BCUT2D eigenvalue weighted by Crippen LogP contribution is -2.48. The molecule has 218 valence electrons. The summed E-state index contributed by atoms with van der Waals surface area (Å²) in [7, 11) is -0.860. The smallest absolute Gasteiger partial charge is 0.256 e. The van der Waals surface area contributed by atoms with Gasteiger partial charge >= 0.3 is 0 Å². The highest BCUT2D eigenvalue weighted by molar-refractivity contribution is 7.92. The molecule has 12 heteroatoms. The minimum Gasteiger partial charge on any atom is -0.493 e. The van der Waals surface area contributed by atoms with Crippen LogP contribution in [0.2, 0.25) is 5.02 Å². The lowest BCUT2D eigenvalue weighted by Gasteiger charge is -2.35. The van der Waals surface area contributed by atoms with Gasteiger partial charge in [-0.15, -0.1) is 0 Å². The van der Waals surface area contributed by atoms with Crippen molar-refractivity contribution in [2.24, 2.45) is 0 Å². The molecule has 0 aromatic heterocycles. The van der Waals surface area contributed by atoms with Crippen LogP contribution in [0.1, 0.15) is 21.5 Å². The number of methoxy groups -OCH3 is 2. The maximum Gasteiger partial charge on any atom is 0.256 e. The third-order valence-corrected chi connectivity index (χ3v) is 8.52. The molecule has 0 saturated carbocycles. The maximum absolute atomic E-state index is 14.0. The van der Waals surface area contributed by atoms with Gasteiger partial charge in [-0.2, -0.15) is 0 Å². The Morgan fingerprint density at radius 2 is 1.54 bits per heavy atom.